The van der Waals surface area contributed by atoms with Gasteiger partial charge >= 0.3 is 0 Å². The molecule has 0 bridgehead atoms. The average molecular weight is 816 g/mol. The zero-order valence-electron chi connectivity index (χ0n) is 35.0. The van der Waals surface area contributed by atoms with E-state index in [4.69, 9.17) is 4.42 Å². The van der Waals surface area contributed by atoms with Crippen molar-refractivity contribution in [3.63, 3.8) is 0 Å². The maximum absolute atomic E-state index is 6.79. The second kappa shape index (κ2) is 15.8. The molecule has 0 fully saturated rings. The van der Waals surface area contributed by atoms with Crippen molar-refractivity contribution < 1.29 is 4.42 Å². The summed E-state index contributed by atoms with van der Waals surface area (Å²) in [7, 11) is 0. The van der Waals surface area contributed by atoms with Gasteiger partial charge in [-0.3, -0.25) is 0 Å². The molecule has 0 aliphatic carbocycles. The molecule has 2 nitrogen and oxygen atoms in total. The summed E-state index contributed by atoms with van der Waals surface area (Å²) < 4.78 is 6.79. The van der Waals surface area contributed by atoms with E-state index in [1.165, 1.54) is 27.1 Å². The predicted octanol–water partition coefficient (Wildman–Crippen LogP) is 17.7. The van der Waals surface area contributed by atoms with Crippen molar-refractivity contribution >= 4 is 60.5 Å². The maximum atomic E-state index is 6.79. The molecule has 300 valence electrons. The molecule has 1 heterocycles. The van der Waals surface area contributed by atoms with Crippen LogP contribution in [0.5, 0.6) is 0 Å². The van der Waals surface area contributed by atoms with Gasteiger partial charge in [0, 0.05) is 33.0 Å². The second-order valence-corrected chi connectivity index (χ2v) is 16.4. The molecule has 12 aromatic rings. The predicted molar refractivity (Wildman–Crippen MR) is 271 cm³/mol. The second-order valence-electron chi connectivity index (χ2n) is 16.4. The Morgan fingerprint density at radius 3 is 1.61 bits per heavy atom. The fraction of sp³-hybridized carbons (Fsp3) is 0. The number of anilines is 3. The molecule has 2 heteroatoms. The summed E-state index contributed by atoms with van der Waals surface area (Å²) in [4.78, 5) is 2.50. The highest BCUT2D eigenvalue weighted by Gasteiger charge is 2.26. The summed E-state index contributed by atoms with van der Waals surface area (Å²) in [6.07, 6.45) is 0. The minimum Gasteiger partial charge on any atom is -0.455 e. The normalized spacial score (nSPS) is 11.4. The Hall–Kier alpha value is -8.46. The van der Waals surface area contributed by atoms with Gasteiger partial charge in [-0.1, -0.05) is 212 Å². The van der Waals surface area contributed by atoms with Crippen LogP contribution in [-0.4, -0.2) is 0 Å². The third-order valence-electron chi connectivity index (χ3n) is 12.7. The Morgan fingerprint density at radius 1 is 0.266 bits per heavy atom. The van der Waals surface area contributed by atoms with Crippen molar-refractivity contribution in [3.8, 4) is 55.6 Å². The third kappa shape index (κ3) is 6.44. The van der Waals surface area contributed by atoms with Gasteiger partial charge in [0.15, 0.2) is 0 Å². The number of hydrogen-bond acceptors (Lipinski definition) is 2. The highest BCUT2D eigenvalue weighted by atomic mass is 16.3. The van der Waals surface area contributed by atoms with Crippen molar-refractivity contribution in [2.24, 2.45) is 0 Å². The number of para-hydroxylation sites is 4. The first-order valence-electron chi connectivity index (χ1n) is 21.9. The summed E-state index contributed by atoms with van der Waals surface area (Å²) in [5, 5.41) is 7.17. The Balaban J connectivity index is 1.17. The van der Waals surface area contributed by atoms with E-state index in [2.05, 4.69) is 248 Å². The van der Waals surface area contributed by atoms with Crippen LogP contribution in [0.3, 0.4) is 0 Å². The highest BCUT2D eigenvalue weighted by molar-refractivity contribution is 6.13. The molecule has 0 amide bonds. The number of nitrogens with zero attached hydrogens (tertiary/aromatic N) is 1. The van der Waals surface area contributed by atoms with Gasteiger partial charge in [0.2, 0.25) is 0 Å². The van der Waals surface area contributed by atoms with Crippen LogP contribution in [-0.2, 0) is 0 Å². The molecule has 0 spiro atoms. The summed E-state index contributed by atoms with van der Waals surface area (Å²) >= 11 is 0. The average Bonchev–Trinajstić information content (AvgIpc) is 3.76. The lowest BCUT2D eigenvalue weighted by atomic mass is 9.89. The minimum absolute atomic E-state index is 0.877. The molecular weight excluding hydrogens is 775 g/mol. The zero-order valence-corrected chi connectivity index (χ0v) is 35.0. The Bertz CT molecular complexity index is 3680. The van der Waals surface area contributed by atoms with E-state index in [0.717, 1.165) is 89.1 Å². The van der Waals surface area contributed by atoms with E-state index in [1.54, 1.807) is 0 Å². The van der Waals surface area contributed by atoms with E-state index >= 15 is 0 Å². The fourth-order valence-corrected chi connectivity index (χ4v) is 9.71. The van der Waals surface area contributed by atoms with Crippen LogP contribution >= 0.6 is 0 Å². The standard InChI is InChI=1S/C62H41NO/c1-3-18-42(19-4-1)45-23-15-24-48(40-45)61-54(56-31-16-30-55-53-28-11-14-35-60(53)64-62(55)56)29-17-34-59(61)63(57-32-12-9-26-51(57)43-20-5-2-6-21-43)58-33-13-10-27-52(58)47-38-39-50-46(41-47)37-36-44-22-7-8-25-49(44)50/h1-41H. The molecule has 0 aliphatic rings. The monoisotopic (exact) mass is 815 g/mol. The van der Waals surface area contributed by atoms with Gasteiger partial charge in [0.25, 0.3) is 0 Å². The van der Waals surface area contributed by atoms with E-state index in [0.29, 0.717) is 0 Å². The SMILES string of the molecule is c1ccc(-c2cccc(-c3c(-c4cccc5c4oc4ccccc45)cccc3N(c3ccccc3-c3ccccc3)c3ccccc3-c3ccc4c(ccc5ccccc54)c3)c2)cc1. The minimum atomic E-state index is 0.877. The molecular formula is C62H41NO. The van der Waals surface area contributed by atoms with Gasteiger partial charge in [-0.05, 0) is 91.3 Å². The van der Waals surface area contributed by atoms with Gasteiger partial charge in [-0.2, -0.15) is 0 Å². The molecule has 0 atom stereocenters. The van der Waals surface area contributed by atoms with Crippen LogP contribution in [0, 0.1) is 0 Å². The van der Waals surface area contributed by atoms with Gasteiger partial charge < -0.3 is 9.32 Å². The van der Waals surface area contributed by atoms with Crippen molar-refractivity contribution in [2.45, 2.75) is 0 Å². The number of furan rings is 1. The molecule has 0 saturated carbocycles. The molecule has 12 rings (SSSR count). The van der Waals surface area contributed by atoms with Crippen molar-refractivity contribution in [1.82, 2.24) is 0 Å². The first-order valence-corrected chi connectivity index (χ1v) is 21.9. The summed E-state index contributed by atoms with van der Waals surface area (Å²) in [6, 6.07) is 89.8. The maximum Gasteiger partial charge on any atom is 0.143 e. The Labute approximate surface area is 372 Å². The highest BCUT2D eigenvalue weighted by Crippen LogP contribution is 2.51. The first-order chi connectivity index (χ1) is 31.8. The number of benzene rings is 11. The Morgan fingerprint density at radius 2 is 0.797 bits per heavy atom. The number of rotatable bonds is 8. The van der Waals surface area contributed by atoms with Crippen molar-refractivity contribution in [2.75, 3.05) is 4.90 Å². The quantitative estimate of drug-likeness (QED) is 0.142. The van der Waals surface area contributed by atoms with Crippen LogP contribution in [0.1, 0.15) is 0 Å². The van der Waals surface area contributed by atoms with Crippen LogP contribution in [0.2, 0.25) is 0 Å². The fourth-order valence-electron chi connectivity index (χ4n) is 9.71. The lowest BCUT2D eigenvalue weighted by Crippen LogP contribution is -2.14. The van der Waals surface area contributed by atoms with Gasteiger partial charge in [-0.15, -0.1) is 0 Å². The summed E-state index contributed by atoms with van der Waals surface area (Å²) in [6.45, 7) is 0. The molecule has 64 heavy (non-hydrogen) atoms. The largest absolute Gasteiger partial charge is 0.455 e. The van der Waals surface area contributed by atoms with Crippen molar-refractivity contribution in [1.29, 1.82) is 0 Å². The van der Waals surface area contributed by atoms with Gasteiger partial charge in [0.05, 0.1) is 17.1 Å². The third-order valence-corrected chi connectivity index (χ3v) is 12.7. The van der Waals surface area contributed by atoms with Crippen molar-refractivity contribution in [3.05, 3.63) is 249 Å². The molecule has 0 N–H and O–H groups in total. The summed E-state index contributed by atoms with van der Waals surface area (Å²) in [5.41, 5.74) is 16.2. The Kier molecular flexibility index (Phi) is 9.20. The number of hydrogen-bond donors (Lipinski definition) is 0. The van der Waals surface area contributed by atoms with Crippen LogP contribution in [0.4, 0.5) is 17.1 Å². The lowest BCUT2D eigenvalue weighted by molar-refractivity contribution is 0.670. The molecule has 0 saturated heterocycles. The molecule has 1 aromatic heterocycles. The first kappa shape index (κ1) is 37.3. The van der Waals surface area contributed by atoms with Crippen LogP contribution in [0.25, 0.3) is 99.1 Å². The smallest absolute Gasteiger partial charge is 0.143 e. The van der Waals surface area contributed by atoms with Crippen LogP contribution in [0.15, 0.2) is 253 Å². The van der Waals surface area contributed by atoms with Gasteiger partial charge in [-0.25, -0.2) is 0 Å². The van der Waals surface area contributed by atoms with E-state index in [-0.39, 0.29) is 0 Å². The van der Waals surface area contributed by atoms with E-state index in [9.17, 15) is 0 Å². The van der Waals surface area contributed by atoms with Gasteiger partial charge in [0.1, 0.15) is 11.2 Å². The zero-order chi connectivity index (χ0) is 42.4. The van der Waals surface area contributed by atoms with E-state index in [1.807, 2.05) is 6.07 Å². The molecule has 11 aromatic carbocycles. The van der Waals surface area contributed by atoms with E-state index < -0.39 is 0 Å². The lowest BCUT2D eigenvalue weighted by Gasteiger charge is -2.32. The topological polar surface area (TPSA) is 16.4 Å². The molecule has 0 radical (unpaired) electrons. The summed E-state index contributed by atoms with van der Waals surface area (Å²) in [5.74, 6) is 0. The van der Waals surface area contributed by atoms with Crippen LogP contribution < -0.4 is 4.90 Å². The molecule has 0 aliphatic heterocycles. The molecule has 0 unspecified atom stereocenters. The number of fused-ring (bicyclic) bond motifs is 6.